The van der Waals surface area contributed by atoms with Crippen molar-refractivity contribution in [3.8, 4) is 0 Å². The maximum absolute atomic E-state index is 13.5. The zero-order valence-electron chi connectivity index (χ0n) is 15.4. The molecule has 3 aromatic rings. The third-order valence-corrected chi connectivity index (χ3v) is 5.15. The number of rotatable bonds is 3. The van der Waals surface area contributed by atoms with E-state index in [4.69, 9.17) is 11.6 Å². The van der Waals surface area contributed by atoms with Crippen molar-refractivity contribution in [2.45, 2.75) is 12.5 Å². The molecule has 1 aliphatic heterocycles. The zero-order chi connectivity index (χ0) is 20.4. The van der Waals surface area contributed by atoms with Crippen LogP contribution in [0.3, 0.4) is 0 Å². The lowest BCUT2D eigenvalue weighted by Gasteiger charge is -2.31. The van der Waals surface area contributed by atoms with Crippen molar-refractivity contribution in [1.82, 2.24) is 4.90 Å². The first-order valence-electron chi connectivity index (χ1n) is 9.19. The normalized spacial score (nSPS) is 16.0. The van der Waals surface area contributed by atoms with Crippen LogP contribution in [0.2, 0.25) is 5.02 Å². The Morgan fingerprint density at radius 2 is 1.79 bits per heavy atom. The summed E-state index contributed by atoms with van der Waals surface area (Å²) in [5, 5.41) is 3.33. The molecule has 1 N–H and O–H groups in total. The van der Waals surface area contributed by atoms with E-state index in [0.717, 1.165) is 5.56 Å². The lowest BCUT2D eigenvalue weighted by Crippen LogP contribution is -2.39. The fourth-order valence-corrected chi connectivity index (χ4v) is 3.77. The Labute approximate surface area is 172 Å². The number of amides is 2. The van der Waals surface area contributed by atoms with Crippen LogP contribution in [-0.2, 0) is 16.0 Å². The van der Waals surface area contributed by atoms with Gasteiger partial charge in [0.2, 0.25) is 11.8 Å². The van der Waals surface area contributed by atoms with Gasteiger partial charge in [-0.3, -0.25) is 9.59 Å². The van der Waals surface area contributed by atoms with Crippen LogP contribution in [0, 0.1) is 5.82 Å². The Balaban J connectivity index is 1.81. The highest BCUT2D eigenvalue weighted by Gasteiger charge is 2.33. The van der Waals surface area contributed by atoms with E-state index in [1.165, 1.54) is 17.0 Å². The second kappa shape index (κ2) is 8.05. The van der Waals surface area contributed by atoms with Crippen LogP contribution in [0.5, 0.6) is 0 Å². The molecule has 0 saturated carbocycles. The molecule has 4 rings (SSSR count). The topological polar surface area (TPSA) is 49.4 Å². The van der Waals surface area contributed by atoms with Gasteiger partial charge in [-0.25, -0.2) is 4.39 Å². The van der Waals surface area contributed by atoms with Gasteiger partial charge < -0.3 is 10.2 Å². The van der Waals surface area contributed by atoms with Gasteiger partial charge in [-0.05, 0) is 41.5 Å². The fraction of sp³-hybridized carbons (Fsp3) is 0.130. The molecule has 0 saturated heterocycles. The van der Waals surface area contributed by atoms with Gasteiger partial charge >= 0.3 is 0 Å². The maximum atomic E-state index is 13.5. The number of nitrogens with one attached hydrogen (secondary N) is 1. The first-order chi connectivity index (χ1) is 14.0. The average molecular weight is 409 g/mol. The Kier molecular flexibility index (Phi) is 5.32. The molecule has 0 aliphatic carbocycles. The summed E-state index contributed by atoms with van der Waals surface area (Å²) in [6.07, 6.45) is 0.154. The number of anilines is 1. The molecule has 0 radical (unpaired) electrons. The van der Waals surface area contributed by atoms with E-state index in [0.29, 0.717) is 21.8 Å². The van der Waals surface area contributed by atoms with Gasteiger partial charge in [0.15, 0.2) is 0 Å². The summed E-state index contributed by atoms with van der Waals surface area (Å²) in [6.45, 7) is -0.111. The second-order valence-electron chi connectivity index (χ2n) is 6.92. The van der Waals surface area contributed by atoms with Crippen molar-refractivity contribution >= 4 is 29.1 Å². The molecule has 29 heavy (non-hydrogen) atoms. The summed E-state index contributed by atoms with van der Waals surface area (Å²) in [6, 6.07) is 19.9. The van der Waals surface area contributed by atoms with Crippen LogP contribution >= 0.6 is 11.6 Å². The van der Waals surface area contributed by atoms with E-state index < -0.39 is 6.04 Å². The predicted molar refractivity (Wildman–Crippen MR) is 110 cm³/mol. The summed E-state index contributed by atoms with van der Waals surface area (Å²) >= 11 is 6.23. The van der Waals surface area contributed by atoms with Crippen LogP contribution in [0.15, 0.2) is 72.8 Å². The van der Waals surface area contributed by atoms with Crippen LogP contribution in [0.25, 0.3) is 0 Å². The summed E-state index contributed by atoms with van der Waals surface area (Å²) in [5.74, 6) is -0.863. The molecule has 3 aromatic carbocycles. The SMILES string of the molecule is O=C1CN(C(=O)Cc2ccccc2)[C@@H](c2ccc(F)cc2)c2cc(Cl)ccc2N1. The van der Waals surface area contributed by atoms with E-state index in [1.54, 1.807) is 30.3 Å². The Bertz CT molecular complexity index is 1050. The minimum absolute atomic E-state index is 0.111. The molecule has 1 heterocycles. The number of hydrogen-bond acceptors (Lipinski definition) is 2. The van der Waals surface area contributed by atoms with Crippen molar-refractivity contribution in [3.63, 3.8) is 0 Å². The quantitative estimate of drug-likeness (QED) is 0.689. The number of nitrogens with zero attached hydrogens (tertiary/aromatic N) is 1. The Morgan fingerprint density at radius 1 is 1.07 bits per heavy atom. The second-order valence-corrected chi connectivity index (χ2v) is 7.35. The predicted octanol–water partition coefficient (Wildman–Crippen LogP) is 4.59. The smallest absolute Gasteiger partial charge is 0.244 e. The molecular formula is C23H18ClFN2O2. The first kappa shape index (κ1) is 19.2. The van der Waals surface area contributed by atoms with Crippen molar-refractivity contribution < 1.29 is 14.0 Å². The Hall–Kier alpha value is -3.18. The molecule has 0 fully saturated rings. The summed E-state index contributed by atoms with van der Waals surface area (Å²) in [4.78, 5) is 27.3. The monoisotopic (exact) mass is 408 g/mol. The molecular weight excluding hydrogens is 391 g/mol. The molecule has 0 unspecified atom stereocenters. The third kappa shape index (κ3) is 4.15. The average Bonchev–Trinajstić information content (AvgIpc) is 2.85. The number of benzene rings is 3. The van der Waals surface area contributed by atoms with Crippen LogP contribution in [0.1, 0.15) is 22.7 Å². The molecule has 1 aliphatic rings. The highest BCUT2D eigenvalue weighted by atomic mass is 35.5. The Morgan fingerprint density at radius 3 is 2.52 bits per heavy atom. The lowest BCUT2D eigenvalue weighted by atomic mass is 9.95. The van der Waals surface area contributed by atoms with Gasteiger partial charge in [0.05, 0.1) is 12.5 Å². The molecule has 146 valence electrons. The molecule has 0 spiro atoms. The van der Waals surface area contributed by atoms with Crippen LogP contribution in [-0.4, -0.2) is 23.3 Å². The molecule has 4 nitrogen and oxygen atoms in total. The van der Waals surface area contributed by atoms with Gasteiger partial charge in [0.25, 0.3) is 0 Å². The number of hydrogen-bond donors (Lipinski definition) is 1. The number of halogens is 2. The minimum atomic E-state index is -0.570. The lowest BCUT2D eigenvalue weighted by molar-refractivity contribution is -0.135. The maximum Gasteiger partial charge on any atom is 0.244 e. The van der Waals surface area contributed by atoms with E-state index in [2.05, 4.69) is 5.32 Å². The standard InChI is InChI=1S/C23H18ClFN2O2/c24-17-8-11-20-19(13-17)23(16-6-9-18(25)10-7-16)27(14-21(28)26-20)22(29)12-15-4-2-1-3-5-15/h1-11,13,23H,12,14H2,(H,26,28)/t23-/m0/s1. The molecule has 0 bridgehead atoms. The summed E-state index contributed by atoms with van der Waals surface area (Å²) in [7, 11) is 0. The zero-order valence-corrected chi connectivity index (χ0v) is 16.2. The summed E-state index contributed by atoms with van der Waals surface area (Å²) in [5.41, 5.74) is 2.83. The van der Waals surface area contributed by atoms with Gasteiger partial charge in [-0.1, -0.05) is 54.1 Å². The van der Waals surface area contributed by atoms with Crippen molar-refractivity contribution in [3.05, 3.63) is 100 Å². The van der Waals surface area contributed by atoms with Crippen molar-refractivity contribution in [2.75, 3.05) is 11.9 Å². The molecule has 0 aromatic heterocycles. The fourth-order valence-electron chi connectivity index (χ4n) is 3.59. The van der Waals surface area contributed by atoms with Gasteiger partial charge in [0.1, 0.15) is 12.4 Å². The van der Waals surface area contributed by atoms with Gasteiger partial charge in [0, 0.05) is 16.3 Å². The van der Waals surface area contributed by atoms with Gasteiger partial charge in [-0.15, -0.1) is 0 Å². The van der Waals surface area contributed by atoms with Crippen LogP contribution < -0.4 is 5.32 Å². The highest BCUT2D eigenvalue weighted by Crippen LogP contribution is 2.37. The number of carbonyl (C=O) groups excluding carboxylic acids is 2. The molecule has 6 heteroatoms. The summed E-state index contributed by atoms with van der Waals surface area (Å²) < 4.78 is 13.5. The largest absolute Gasteiger partial charge is 0.324 e. The number of carbonyl (C=O) groups is 2. The molecule has 1 atom stereocenters. The van der Waals surface area contributed by atoms with Crippen molar-refractivity contribution in [2.24, 2.45) is 0 Å². The number of fused-ring (bicyclic) bond motifs is 1. The van der Waals surface area contributed by atoms with E-state index in [1.807, 2.05) is 30.3 Å². The van der Waals surface area contributed by atoms with Crippen LogP contribution in [0.4, 0.5) is 10.1 Å². The van der Waals surface area contributed by atoms with Crippen molar-refractivity contribution in [1.29, 1.82) is 0 Å². The third-order valence-electron chi connectivity index (χ3n) is 4.91. The van der Waals surface area contributed by atoms with E-state index >= 15 is 0 Å². The highest BCUT2D eigenvalue weighted by molar-refractivity contribution is 6.30. The van der Waals surface area contributed by atoms with Gasteiger partial charge in [-0.2, -0.15) is 0 Å². The first-order valence-corrected chi connectivity index (χ1v) is 9.57. The van der Waals surface area contributed by atoms with E-state index in [9.17, 15) is 14.0 Å². The minimum Gasteiger partial charge on any atom is -0.324 e. The molecule has 2 amide bonds. The van der Waals surface area contributed by atoms with E-state index in [-0.39, 0.29) is 30.6 Å².